The average Bonchev–Trinajstić information content (AvgIpc) is 2.94. The molecular formula is C16H20BrNO2S. The summed E-state index contributed by atoms with van der Waals surface area (Å²) >= 11 is 5.33. The Bertz CT molecular complexity index is 598. The largest absolute Gasteiger partial charge is 0.493 e. The van der Waals surface area contributed by atoms with E-state index in [-0.39, 0.29) is 0 Å². The highest BCUT2D eigenvalue weighted by molar-refractivity contribution is 9.10. The Hall–Kier alpha value is -1.04. The highest BCUT2D eigenvalue weighted by atomic mass is 79.9. The van der Waals surface area contributed by atoms with Gasteiger partial charge in [0.2, 0.25) is 0 Å². The lowest BCUT2D eigenvalue weighted by Crippen LogP contribution is -2.13. The highest BCUT2D eigenvalue weighted by Gasteiger charge is 2.10. The maximum absolute atomic E-state index is 5.37. The van der Waals surface area contributed by atoms with Crippen molar-refractivity contribution in [3.05, 3.63) is 44.1 Å². The fraction of sp³-hybridized carbons (Fsp3) is 0.375. The van der Waals surface area contributed by atoms with Crippen molar-refractivity contribution in [1.29, 1.82) is 0 Å². The number of hydrogen-bond acceptors (Lipinski definition) is 4. The third-order valence-electron chi connectivity index (χ3n) is 3.33. The molecule has 5 heteroatoms. The maximum atomic E-state index is 5.37. The minimum atomic E-state index is 0.729. The molecule has 21 heavy (non-hydrogen) atoms. The van der Waals surface area contributed by atoms with E-state index in [1.165, 1.54) is 10.4 Å². The standard InChI is InChI=1S/C16H20BrNO2S/c1-4-12-5-6-21-15(12)10-18-9-11-7-13(17)16(20-3)14(8-11)19-2/h5-8,18H,4,9-10H2,1-3H3. The predicted molar refractivity (Wildman–Crippen MR) is 91.5 cm³/mol. The molecule has 0 unspecified atom stereocenters. The zero-order chi connectivity index (χ0) is 15.2. The van der Waals surface area contributed by atoms with Crippen molar-refractivity contribution in [1.82, 2.24) is 5.32 Å². The second-order valence-electron chi connectivity index (χ2n) is 4.64. The van der Waals surface area contributed by atoms with Crippen LogP contribution in [0.1, 0.15) is 22.9 Å². The minimum absolute atomic E-state index is 0.729. The number of halogens is 1. The molecule has 0 saturated heterocycles. The summed E-state index contributed by atoms with van der Waals surface area (Å²) in [7, 11) is 3.30. The van der Waals surface area contributed by atoms with Crippen LogP contribution in [0.3, 0.4) is 0 Å². The molecule has 0 amide bonds. The first-order valence-corrected chi connectivity index (χ1v) is 8.53. The zero-order valence-electron chi connectivity index (χ0n) is 12.5. The van der Waals surface area contributed by atoms with E-state index in [2.05, 4.69) is 45.7 Å². The number of ether oxygens (including phenoxy) is 2. The lowest BCUT2D eigenvalue weighted by atomic mass is 10.2. The topological polar surface area (TPSA) is 30.5 Å². The van der Waals surface area contributed by atoms with Crippen LogP contribution in [0.25, 0.3) is 0 Å². The van der Waals surface area contributed by atoms with Crippen LogP contribution >= 0.6 is 27.3 Å². The molecule has 1 heterocycles. The van der Waals surface area contributed by atoms with Crippen LogP contribution < -0.4 is 14.8 Å². The monoisotopic (exact) mass is 369 g/mol. The van der Waals surface area contributed by atoms with E-state index in [0.29, 0.717) is 0 Å². The Morgan fingerprint density at radius 2 is 2.00 bits per heavy atom. The number of hydrogen-bond donors (Lipinski definition) is 1. The molecule has 0 fully saturated rings. The van der Waals surface area contributed by atoms with E-state index < -0.39 is 0 Å². The lowest BCUT2D eigenvalue weighted by Gasteiger charge is -2.12. The lowest BCUT2D eigenvalue weighted by molar-refractivity contribution is 0.352. The fourth-order valence-electron chi connectivity index (χ4n) is 2.23. The Morgan fingerprint density at radius 3 is 2.67 bits per heavy atom. The molecule has 114 valence electrons. The summed E-state index contributed by atoms with van der Waals surface area (Å²) in [6.07, 6.45) is 1.09. The van der Waals surface area contributed by atoms with Crippen LogP contribution in [0, 0.1) is 0 Å². The number of methoxy groups -OCH3 is 2. The van der Waals surface area contributed by atoms with Gasteiger partial charge in [-0.25, -0.2) is 0 Å². The zero-order valence-corrected chi connectivity index (χ0v) is 14.9. The quantitative estimate of drug-likeness (QED) is 0.785. The average molecular weight is 370 g/mol. The van der Waals surface area contributed by atoms with E-state index >= 15 is 0 Å². The van der Waals surface area contributed by atoms with Crippen molar-refractivity contribution in [2.24, 2.45) is 0 Å². The summed E-state index contributed by atoms with van der Waals surface area (Å²) < 4.78 is 11.6. The van der Waals surface area contributed by atoms with Gasteiger partial charge in [-0.2, -0.15) is 0 Å². The van der Waals surface area contributed by atoms with Crippen LogP contribution in [0.4, 0.5) is 0 Å². The van der Waals surface area contributed by atoms with Gasteiger partial charge in [-0.1, -0.05) is 6.92 Å². The van der Waals surface area contributed by atoms with Crippen molar-refractivity contribution >= 4 is 27.3 Å². The number of benzene rings is 1. The summed E-state index contributed by atoms with van der Waals surface area (Å²) in [5.74, 6) is 1.47. The van der Waals surface area contributed by atoms with E-state index in [1.807, 2.05) is 17.4 Å². The fourth-order valence-corrected chi connectivity index (χ4v) is 3.83. The predicted octanol–water partition coefficient (Wildman–Crippen LogP) is 4.38. The first-order valence-electron chi connectivity index (χ1n) is 6.86. The van der Waals surface area contributed by atoms with Gasteiger partial charge in [-0.3, -0.25) is 0 Å². The van der Waals surface area contributed by atoms with Gasteiger partial charge in [-0.05, 0) is 57.1 Å². The van der Waals surface area contributed by atoms with Gasteiger partial charge >= 0.3 is 0 Å². The maximum Gasteiger partial charge on any atom is 0.174 e. The normalized spacial score (nSPS) is 10.7. The summed E-state index contributed by atoms with van der Waals surface area (Å²) in [4.78, 5) is 1.41. The summed E-state index contributed by atoms with van der Waals surface area (Å²) in [6, 6.07) is 6.27. The molecule has 3 nitrogen and oxygen atoms in total. The number of rotatable bonds is 7. The molecular weight excluding hydrogens is 350 g/mol. The van der Waals surface area contributed by atoms with Gasteiger partial charge in [0.05, 0.1) is 18.7 Å². The number of aryl methyl sites for hydroxylation is 1. The molecule has 1 aromatic carbocycles. The molecule has 0 aliphatic heterocycles. The van der Waals surface area contributed by atoms with Crippen LogP contribution in [-0.2, 0) is 19.5 Å². The Labute approximate surface area is 138 Å². The van der Waals surface area contributed by atoms with Crippen LogP contribution in [0.15, 0.2) is 28.1 Å². The van der Waals surface area contributed by atoms with Crippen molar-refractivity contribution in [2.75, 3.05) is 14.2 Å². The van der Waals surface area contributed by atoms with E-state index in [4.69, 9.17) is 9.47 Å². The molecule has 0 aliphatic carbocycles. The Balaban J connectivity index is 2.02. The Morgan fingerprint density at radius 1 is 1.19 bits per heavy atom. The van der Waals surface area contributed by atoms with Gasteiger partial charge < -0.3 is 14.8 Å². The van der Waals surface area contributed by atoms with E-state index in [1.54, 1.807) is 14.2 Å². The van der Waals surface area contributed by atoms with E-state index in [9.17, 15) is 0 Å². The highest BCUT2D eigenvalue weighted by Crippen LogP contribution is 2.36. The first-order chi connectivity index (χ1) is 10.2. The van der Waals surface area contributed by atoms with Crippen molar-refractivity contribution in [2.45, 2.75) is 26.4 Å². The molecule has 1 N–H and O–H groups in total. The Kier molecular flexibility index (Phi) is 6.08. The molecule has 1 aromatic heterocycles. The first kappa shape index (κ1) is 16.3. The van der Waals surface area contributed by atoms with E-state index in [0.717, 1.165) is 41.0 Å². The van der Waals surface area contributed by atoms with Crippen LogP contribution in [0.2, 0.25) is 0 Å². The van der Waals surface area contributed by atoms with Crippen LogP contribution in [-0.4, -0.2) is 14.2 Å². The minimum Gasteiger partial charge on any atom is -0.493 e. The smallest absolute Gasteiger partial charge is 0.174 e. The van der Waals surface area contributed by atoms with Crippen molar-refractivity contribution < 1.29 is 9.47 Å². The second kappa shape index (κ2) is 7.82. The molecule has 0 aliphatic rings. The number of thiophene rings is 1. The third kappa shape index (κ3) is 3.99. The third-order valence-corrected chi connectivity index (χ3v) is 4.88. The molecule has 0 radical (unpaired) electrons. The summed E-state index contributed by atoms with van der Waals surface area (Å²) in [6.45, 7) is 3.88. The molecule has 2 rings (SSSR count). The van der Waals surface area contributed by atoms with Gasteiger partial charge in [0, 0.05) is 18.0 Å². The van der Waals surface area contributed by atoms with Crippen molar-refractivity contribution in [3.63, 3.8) is 0 Å². The molecule has 0 spiro atoms. The number of nitrogens with one attached hydrogen (secondary N) is 1. The van der Waals surface area contributed by atoms with Gasteiger partial charge in [0.15, 0.2) is 11.5 Å². The molecule has 2 aromatic rings. The summed E-state index contributed by atoms with van der Waals surface area (Å²) in [5, 5.41) is 5.64. The molecule has 0 saturated carbocycles. The van der Waals surface area contributed by atoms with Crippen LogP contribution in [0.5, 0.6) is 11.5 Å². The molecule has 0 atom stereocenters. The van der Waals surface area contributed by atoms with Gasteiger partial charge in [0.25, 0.3) is 0 Å². The SMILES string of the molecule is CCc1ccsc1CNCc1cc(Br)c(OC)c(OC)c1. The summed E-state index contributed by atoms with van der Waals surface area (Å²) in [5.41, 5.74) is 2.59. The molecule has 0 bridgehead atoms. The van der Waals surface area contributed by atoms with Gasteiger partial charge in [-0.15, -0.1) is 11.3 Å². The second-order valence-corrected chi connectivity index (χ2v) is 6.49. The van der Waals surface area contributed by atoms with Gasteiger partial charge in [0.1, 0.15) is 0 Å². The van der Waals surface area contributed by atoms with Crippen molar-refractivity contribution in [3.8, 4) is 11.5 Å².